The van der Waals surface area contributed by atoms with Gasteiger partial charge in [0.25, 0.3) is 0 Å². The molecule has 0 aliphatic carbocycles. The quantitative estimate of drug-likeness (QED) is 0.906. The smallest absolute Gasteiger partial charge is 0.152 e. The number of furan rings is 1. The Bertz CT molecular complexity index is 547. The lowest BCUT2D eigenvalue weighted by Crippen LogP contribution is -2.39. The van der Waals surface area contributed by atoms with E-state index in [4.69, 9.17) is 9.15 Å². The first kappa shape index (κ1) is 12.3. The summed E-state index contributed by atoms with van der Waals surface area (Å²) in [6.07, 6.45) is 2.65. The molecule has 3 rings (SSSR count). The van der Waals surface area contributed by atoms with Crippen LogP contribution in [-0.4, -0.2) is 35.8 Å². The van der Waals surface area contributed by atoms with Crippen molar-refractivity contribution in [1.82, 2.24) is 15.3 Å². The number of morpholine rings is 1. The third kappa shape index (κ3) is 3.00. The van der Waals surface area contributed by atoms with Crippen LogP contribution in [0.2, 0.25) is 0 Å². The average molecular weight is 259 g/mol. The summed E-state index contributed by atoms with van der Waals surface area (Å²) in [5.74, 6) is 2.46. The minimum absolute atomic E-state index is 0.155. The fourth-order valence-electron chi connectivity index (χ4n) is 2.16. The van der Waals surface area contributed by atoms with E-state index in [9.17, 15) is 0 Å². The number of hydrogen-bond acceptors (Lipinski definition) is 5. The van der Waals surface area contributed by atoms with Gasteiger partial charge in [-0.05, 0) is 25.1 Å². The lowest BCUT2D eigenvalue weighted by atomic mass is 10.2. The van der Waals surface area contributed by atoms with Crippen molar-refractivity contribution in [2.75, 3.05) is 19.7 Å². The third-order valence-electron chi connectivity index (χ3n) is 3.11. The lowest BCUT2D eigenvalue weighted by Gasteiger charge is -2.22. The van der Waals surface area contributed by atoms with Crippen LogP contribution in [0.15, 0.2) is 28.8 Å². The molecule has 1 fully saturated rings. The number of ether oxygens (including phenoxy) is 1. The van der Waals surface area contributed by atoms with Crippen LogP contribution >= 0.6 is 0 Å². The van der Waals surface area contributed by atoms with E-state index in [0.29, 0.717) is 0 Å². The number of nitrogens with one attached hydrogen (secondary N) is 1. The third-order valence-corrected chi connectivity index (χ3v) is 3.11. The normalized spacial score (nSPS) is 19.5. The predicted molar refractivity (Wildman–Crippen MR) is 70.8 cm³/mol. The van der Waals surface area contributed by atoms with Gasteiger partial charge in [0.15, 0.2) is 5.76 Å². The van der Waals surface area contributed by atoms with Crippen LogP contribution < -0.4 is 5.32 Å². The molecule has 1 aliphatic rings. The first-order valence-corrected chi connectivity index (χ1v) is 6.52. The standard InChI is InChI=1S/C14H17N3O2/c1-10-2-3-13(19-10)12-4-5-16-14(17-12)8-11-9-15-6-7-18-11/h2-5,11,15H,6-9H2,1H3. The number of aryl methyl sites for hydroxylation is 1. The van der Waals surface area contributed by atoms with Crippen LogP contribution in [0, 0.1) is 6.92 Å². The van der Waals surface area contributed by atoms with Crippen LogP contribution in [0.25, 0.3) is 11.5 Å². The number of hydrogen-bond donors (Lipinski definition) is 1. The maximum Gasteiger partial charge on any atom is 0.152 e. The predicted octanol–water partition coefficient (Wildman–Crippen LogP) is 1.58. The highest BCUT2D eigenvalue weighted by molar-refractivity contribution is 5.51. The van der Waals surface area contributed by atoms with Gasteiger partial charge < -0.3 is 14.5 Å². The monoisotopic (exact) mass is 259 g/mol. The highest BCUT2D eigenvalue weighted by atomic mass is 16.5. The van der Waals surface area contributed by atoms with Crippen LogP contribution in [0.3, 0.4) is 0 Å². The summed E-state index contributed by atoms with van der Waals surface area (Å²) >= 11 is 0. The molecule has 1 atom stereocenters. The largest absolute Gasteiger partial charge is 0.460 e. The van der Waals surface area contributed by atoms with Crippen molar-refractivity contribution >= 4 is 0 Å². The molecule has 0 bridgehead atoms. The molecule has 0 saturated carbocycles. The van der Waals surface area contributed by atoms with Crippen molar-refractivity contribution in [3.63, 3.8) is 0 Å². The zero-order chi connectivity index (χ0) is 13.1. The highest BCUT2D eigenvalue weighted by Crippen LogP contribution is 2.19. The molecule has 1 saturated heterocycles. The summed E-state index contributed by atoms with van der Waals surface area (Å²) in [5, 5.41) is 3.31. The zero-order valence-electron chi connectivity index (χ0n) is 10.9. The molecule has 0 amide bonds. The summed E-state index contributed by atoms with van der Waals surface area (Å²) in [6.45, 7) is 4.45. The van der Waals surface area contributed by atoms with E-state index in [1.807, 2.05) is 25.1 Å². The molecule has 2 aromatic rings. The average Bonchev–Trinajstić information content (AvgIpc) is 2.87. The first-order valence-electron chi connectivity index (χ1n) is 6.52. The van der Waals surface area contributed by atoms with Crippen LogP contribution in [-0.2, 0) is 11.2 Å². The summed E-state index contributed by atoms with van der Waals surface area (Å²) in [6, 6.07) is 5.73. The van der Waals surface area contributed by atoms with Gasteiger partial charge in [-0.25, -0.2) is 9.97 Å². The van der Waals surface area contributed by atoms with Crippen LogP contribution in [0.1, 0.15) is 11.6 Å². The van der Waals surface area contributed by atoms with E-state index in [1.165, 1.54) is 0 Å². The van der Waals surface area contributed by atoms with Crippen molar-refractivity contribution in [3.05, 3.63) is 36.0 Å². The first-order chi connectivity index (χ1) is 9.31. The van der Waals surface area contributed by atoms with E-state index < -0.39 is 0 Å². The SMILES string of the molecule is Cc1ccc(-c2ccnc(CC3CNCCO3)n2)o1. The van der Waals surface area contributed by atoms with Crippen LogP contribution in [0.4, 0.5) is 0 Å². The fraction of sp³-hybridized carbons (Fsp3) is 0.429. The van der Waals surface area contributed by atoms with Crippen molar-refractivity contribution in [1.29, 1.82) is 0 Å². The van der Waals surface area contributed by atoms with E-state index >= 15 is 0 Å². The summed E-state index contributed by atoms with van der Waals surface area (Å²) < 4.78 is 11.2. The maximum absolute atomic E-state index is 5.67. The van der Waals surface area contributed by atoms with E-state index in [-0.39, 0.29) is 6.10 Å². The Balaban J connectivity index is 1.75. The van der Waals surface area contributed by atoms with Gasteiger partial charge in [-0.15, -0.1) is 0 Å². The second-order valence-electron chi connectivity index (χ2n) is 4.67. The van der Waals surface area contributed by atoms with E-state index in [0.717, 1.165) is 49.2 Å². The number of nitrogens with zero attached hydrogens (tertiary/aromatic N) is 2. The zero-order valence-corrected chi connectivity index (χ0v) is 10.9. The Morgan fingerprint density at radius 2 is 2.32 bits per heavy atom. The van der Waals surface area contributed by atoms with Gasteiger partial charge in [-0.3, -0.25) is 0 Å². The van der Waals surface area contributed by atoms with Gasteiger partial charge in [0, 0.05) is 25.7 Å². The second kappa shape index (κ2) is 5.50. The van der Waals surface area contributed by atoms with Gasteiger partial charge in [0.1, 0.15) is 17.3 Å². The van der Waals surface area contributed by atoms with E-state index in [1.54, 1.807) is 6.20 Å². The minimum atomic E-state index is 0.155. The maximum atomic E-state index is 5.67. The Labute approximate surface area is 112 Å². The molecular weight excluding hydrogens is 242 g/mol. The molecule has 1 aliphatic heterocycles. The number of rotatable bonds is 3. The molecule has 0 aromatic carbocycles. The van der Waals surface area contributed by atoms with Gasteiger partial charge in [0.2, 0.25) is 0 Å². The summed E-state index contributed by atoms with van der Waals surface area (Å²) in [5.41, 5.74) is 0.821. The molecular formula is C14H17N3O2. The topological polar surface area (TPSA) is 60.2 Å². The van der Waals surface area contributed by atoms with Crippen molar-refractivity contribution in [3.8, 4) is 11.5 Å². The van der Waals surface area contributed by atoms with Crippen LogP contribution in [0.5, 0.6) is 0 Å². The Morgan fingerprint density at radius 3 is 3.05 bits per heavy atom. The van der Waals surface area contributed by atoms with Crippen molar-refractivity contribution in [2.45, 2.75) is 19.4 Å². The molecule has 3 heterocycles. The molecule has 2 aromatic heterocycles. The van der Waals surface area contributed by atoms with Gasteiger partial charge in [-0.2, -0.15) is 0 Å². The molecule has 1 N–H and O–H groups in total. The van der Waals surface area contributed by atoms with Gasteiger partial charge in [-0.1, -0.05) is 0 Å². The molecule has 5 nitrogen and oxygen atoms in total. The summed E-state index contributed by atoms with van der Waals surface area (Å²) in [7, 11) is 0. The molecule has 100 valence electrons. The molecule has 19 heavy (non-hydrogen) atoms. The van der Waals surface area contributed by atoms with E-state index in [2.05, 4.69) is 15.3 Å². The van der Waals surface area contributed by atoms with Gasteiger partial charge >= 0.3 is 0 Å². The summed E-state index contributed by atoms with van der Waals surface area (Å²) in [4.78, 5) is 8.84. The van der Waals surface area contributed by atoms with Crippen molar-refractivity contribution < 1.29 is 9.15 Å². The Morgan fingerprint density at radius 1 is 1.37 bits per heavy atom. The minimum Gasteiger partial charge on any atom is -0.460 e. The second-order valence-corrected chi connectivity index (χ2v) is 4.67. The molecule has 0 radical (unpaired) electrons. The lowest BCUT2D eigenvalue weighted by molar-refractivity contribution is 0.0280. The van der Waals surface area contributed by atoms with Crippen molar-refractivity contribution in [2.24, 2.45) is 0 Å². The highest BCUT2D eigenvalue weighted by Gasteiger charge is 2.16. The number of aromatic nitrogens is 2. The van der Waals surface area contributed by atoms with Gasteiger partial charge in [0.05, 0.1) is 12.7 Å². The molecule has 1 unspecified atom stereocenters. The Hall–Kier alpha value is -1.72. The molecule has 0 spiro atoms. The molecule has 5 heteroatoms. The fourth-order valence-corrected chi connectivity index (χ4v) is 2.16. The Kier molecular flexibility index (Phi) is 3.57.